The van der Waals surface area contributed by atoms with Crippen LogP contribution in [0.3, 0.4) is 0 Å². The maximum atomic E-state index is 14.5. The summed E-state index contributed by atoms with van der Waals surface area (Å²) in [5.41, 5.74) is 0.798. The van der Waals surface area contributed by atoms with E-state index in [2.05, 4.69) is 20.6 Å². The number of halogens is 1. The molecule has 0 saturated heterocycles. The van der Waals surface area contributed by atoms with Crippen LogP contribution < -0.4 is 15.4 Å². The SMILES string of the molecule is COc1cnc2ccc(F)c(CN[C@H]3CC[C@H](NC(=O)OC(C)(C)C)C[C@H]3O)c2n1. The molecule has 3 N–H and O–H groups in total. The molecule has 1 aliphatic carbocycles. The number of aliphatic hydroxyl groups is 1. The van der Waals surface area contributed by atoms with Crippen molar-refractivity contribution in [3.63, 3.8) is 0 Å². The second-order valence-electron chi connectivity index (χ2n) is 8.52. The van der Waals surface area contributed by atoms with Crippen molar-refractivity contribution >= 4 is 17.1 Å². The lowest BCUT2D eigenvalue weighted by Gasteiger charge is -2.34. The van der Waals surface area contributed by atoms with Crippen molar-refractivity contribution in [1.82, 2.24) is 20.6 Å². The van der Waals surface area contributed by atoms with Crippen LogP contribution in [0.1, 0.15) is 45.6 Å². The number of methoxy groups -OCH3 is 1. The number of carbonyl (C=O) groups excluding carboxylic acids is 1. The Balaban J connectivity index is 1.61. The summed E-state index contributed by atoms with van der Waals surface area (Å²) in [5, 5.41) is 16.6. The molecule has 1 heterocycles. The zero-order valence-corrected chi connectivity index (χ0v) is 17.7. The van der Waals surface area contributed by atoms with E-state index < -0.39 is 23.6 Å². The van der Waals surface area contributed by atoms with Crippen LogP contribution in [0.4, 0.5) is 9.18 Å². The monoisotopic (exact) mass is 420 g/mol. The van der Waals surface area contributed by atoms with Crippen molar-refractivity contribution < 1.29 is 23.8 Å². The first-order valence-corrected chi connectivity index (χ1v) is 10.1. The van der Waals surface area contributed by atoms with Gasteiger partial charge in [-0.1, -0.05) is 0 Å². The molecule has 0 radical (unpaired) electrons. The van der Waals surface area contributed by atoms with Gasteiger partial charge < -0.3 is 25.2 Å². The van der Waals surface area contributed by atoms with E-state index in [1.165, 1.54) is 19.4 Å². The molecule has 1 saturated carbocycles. The molecule has 2 aromatic rings. The summed E-state index contributed by atoms with van der Waals surface area (Å²) in [6.07, 6.45) is 2.01. The predicted molar refractivity (Wildman–Crippen MR) is 110 cm³/mol. The summed E-state index contributed by atoms with van der Waals surface area (Å²) < 4.78 is 24.8. The number of hydrogen-bond acceptors (Lipinski definition) is 7. The molecule has 1 fully saturated rings. The first-order valence-electron chi connectivity index (χ1n) is 10.1. The van der Waals surface area contributed by atoms with Gasteiger partial charge in [-0.3, -0.25) is 0 Å². The number of alkyl carbamates (subject to hydrolysis) is 1. The molecule has 1 aromatic heterocycles. The largest absolute Gasteiger partial charge is 0.480 e. The third kappa shape index (κ3) is 5.54. The summed E-state index contributed by atoms with van der Waals surface area (Å²) >= 11 is 0. The zero-order valence-electron chi connectivity index (χ0n) is 17.7. The highest BCUT2D eigenvalue weighted by Crippen LogP contribution is 2.24. The Morgan fingerprint density at radius 3 is 2.77 bits per heavy atom. The fourth-order valence-electron chi connectivity index (χ4n) is 3.58. The molecular formula is C21H29FN4O4. The fourth-order valence-corrected chi connectivity index (χ4v) is 3.58. The molecule has 3 atom stereocenters. The molecule has 0 bridgehead atoms. The van der Waals surface area contributed by atoms with Gasteiger partial charge in [-0.2, -0.15) is 0 Å². The molecular weight excluding hydrogens is 391 g/mol. The highest BCUT2D eigenvalue weighted by Gasteiger charge is 2.31. The van der Waals surface area contributed by atoms with Gasteiger partial charge in [0.1, 0.15) is 16.9 Å². The van der Waals surface area contributed by atoms with Gasteiger partial charge in [-0.15, -0.1) is 0 Å². The van der Waals surface area contributed by atoms with E-state index in [9.17, 15) is 14.3 Å². The number of nitrogens with one attached hydrogen (secondary N) is 2. The van der Waals surface area contributed by atoms with Crippen molar-refractivity contribution in [3.05, 3.63) is 29.7 Å². The van der Waals surface area contributed by atoms with E-state index in [0.717, 1.165) is 0 Å². The standard InChI is InChI=1S/C21H29FN4O4/c1-21(2,3)30-20(28)25-12-5-7-15(17(27)9-12)23-10-13-14(22)6-8-16-19(13)26-18(29-4)11-24-16/h6,8,11-12,15,17,23,27H,5,7,9-10H2,1-4H3,(H,25,28)/t12-,15-,17+/m0/s1. The topological polar surface area (TPSA) is 106 Å². The van der Waals surface area contributed by atoms with Gasteiger partial charge in [0, 0.05) is 24.2 Å². The number of hydrogen-bond donors (Lipinski definition) is 3. The van der Waals surface area contributed by atoms with Gasteiger partial charge in [0.2, 0.25) is 5.88 Å². The first-order chi connectivity index (χ1) is 14.2. The molecule has 0 unspecified atom stereocenters. The summed E-state index contributed by atoms with van der Waals surface area (Å²) in [6.45, 7) is 5.59. The van der Waals surface area contributed by atoms with Crippen molar-refractivity contribution in [1.29, 1.82) is 0 Å². The van der Waals surface area contributed by atoms with Crippen LogP contribution in [-0.4, -0.2) is 52.1 Å². The highest BCUT2D eigenvalue weighted by atomic mass is 19.1. The maximum Gasteiger partial charge on any atom is 0.407 e. The number of carbonyl (C=O) groups is 1. The van der Waals surface area contributed by atoms with Crippen LogP contribution in [0, 0.1) is 5.82 Å². The highest BCUT2D eigenvalue weighted by molar-refractivity contribution is 5.78. The molecule has 1 aromatic carbocycles. The van der Waals surface area contributed by atoms with E-state index >= 15 is 0 Å². The smallest absolute Gasteiger partial charge is 0.407 e. The second kappa shape index (κ2) is 9.09. The van der Waals surface area contributed by atoms with Crippen molar-refractivity contribution in [2.24, 2.45) is 0 Å². The van der Waals surface area contributed by atoms with Crippen molar-refractivity contribution in [2.45, 2.75) is 70.4 Å². The average molecular weight is 420 g/mol. The third-order valence-corrected chi connectivity index (χ3v) is 5.03. The van der Waals surface area contributed by atoms with Crippen LogP contribution in [-0.2, 0) is 11.3 Å². The van der Waals surface area contributed by atoms with Crippen molar-refractivity contribution in [2.75, 3.05) is 7.11 Å². The molecule has 30 heavy (non-hydrogen) atoms. The number of aromatic nitrogens is 2. The molecule has 3 rings (SSSR count). The van der Waals surface area contributed by atoms with Gasteiger partial charge in [0.05, 0.1) is 24.9 Å². The number of amides is 1. The van der Waals surface area contributed by atoms with Crippen molar-refractivity contribution in [3.8, 4) is 5.88 Å². The number of ether oxygens (including phenoxy) is 2. The lowest BCUT2D eigenvalue weighted by Crippen LogP contribution is -2.50. The first kappa shape index (κ1) is 22.2. The maximum absolute atomic E-state index is 14.5. The van der Waals surface area contributed by atoms with Gasteiger partial charge >= 0.3 is 6.09 Å². The Kier molecular flexibility index (Phi) is 6.72. The zero-order chi connectivity index (χ0) is 21.9. The normalized spacial score (nSPS) is 22.0. The van der Waals surface area contributed by atoms with E-state index in [0.29, 0.717) is 41.7 Å². The third-order valence-electron chi connectivity index (χ3n) is 5.03. The van der Waals surface area contributed by atoms with Gasteiger partial charge in [-0.05, 0) is 52.2 Å². The number of rotatable bonds is 5. The number of nitrogens with zero attached hydrogens (tertiary/aromatic N) is 2. The quantitative estimate of drug-likeness (QED) is 0.683. The van der Waals surface area contributed by atoms with Crippen LogP contribution in [0.5, 0.6) is 5.88 Å². The minimum absolute atomic E-state index is 0.169. The summed E-state index contributed by atoms with van der Waals surface area (Å²) in [4.78, 5) is 20.5. The fraction of sp³-hybridized carbons (Fsp3) is 0.571. The molecule has 1 amide bonds. The van der Waals surface area contributed by atoms with E-state index in [4.69, 9.17) is 9.47 Å². The summed E-state index contributed by atoms with van der Waals surface area (Å²) in [5.74, 6) is -0.0876. The molecule has 1 aliphatic rings. The minimum Gasteiger partial charge on any atom is -0.480 e. The Morgan fingerprint density at radius 1 is 1.33 bits per heavy atom. The second-order valence-corrected chi connectivity index (χ2v) is 8.52. The molecule has 8 nitrogen and oxygen atoms in total. The Hall–Kier alpha value is -2.52. The molecule has 164 valence electrons. The average Bonchev–Trinajstić information content (AvgIpc) is 2.66. The van der Waals surface area contributed by atoms with E-state index in [1.807, 2.05) is 0 Å². The van der Waals surface area contributed by atoms with E-state index in [1.54, 1.807) is 26.8 Å². The Bertz CT molecular complexity index is 902. The Labute approximate surface area is 175 Å². The number of aliphatic hydroxyl groups excluding tert-OH is 1. The summed E-state index contributed by atoms with van der Waals surface area (Å²) in [7, 11) is 1.48. The predicted octanol–water partition coefficient (Wildman–Crippen LogP) is 2.67. The minimum atomic E-state index is -0.683. The van der Waals surface area contributed by atoms with E-state index in [-0.39, 0.29) is 18.6 Å². The lowest BCUT2D eigenvalue weighted by atomic mass is 9.88. The summed E-state index contributed by atoms with van der Waals surface area (Å²) in [6, 6.07) is 2.54. The number of benzene rings is 1. The van der Waals surface area contributed by atoms with Gasteiger partial charge in [-0.25, -0.2) is 19.2 Å². The molecule has 9 heteroatoms. The Morgan fingerprint density at radius 2 is 2.10 bits per heavy atom. The molecule has 0 aliphatic heterocycles. The molecule has 0 spiro atoms. The number of fused-ring (bicyclic) bond motifs is 1. The lowest BCUT2D eigenvalue weighted by molar-refractivity contribution is 0.0402. The van der Waals surface area contributed by atoms with Crippen LogP contribution >= 0.6 is 0 Å². The van der Waals surface area contributed by atoms with Crippen LogP contribution in [0.25, 0.3) is 11.0 Å². The van der Waals surface area contributed by atoms with Gasteiger partial charge in [0.25, 0.3) is 0 Å². The van der Waals surface area contributed by atoms with Crippen LogP contribution in [0.15, 0.2) is 18.3 Å². The van der Waals surface area contributed by atoms with Crippen LogP contribution in [0.2, 0.25) is 0 Å². The van der Waals surface area contributed by atoms with Gasteiger partial charge in [0.15, 0.2) is 0 Å².